The van der Waals surface area contributed by atoms with E-state index >= 15 is 0 Å². The first-order valence-electron chi connectivity index (χ1n) is 12.9. The van der Waals surface area contributed by atoms with E-state index < -0.39 is 0 Å². The molecule has 1 aromatic heterocycles. The lowest BCUT2D eigenvalue weighted by atomic mass is 9.89. The molecule has 5 heteroatoms. The Morgan fingerprint density at radius 3 is 2.47 bits per heavy atom. The van der Waals surface area contributed by atoms with E-state index in [1.165, 1.54) is 33.3 Å². The third-order valence-corrected chi connectivity index (χ3v) is 8.20. The standard InChI is InChI=1S/C31H34IN3O/c1-22(2)31(36)33-27-7-3-5-25(19-27)24-13-16-34(17-14-24)21-26-6-4-8-30-29(26)15-18-35(30)28-11-9-23(20-32)10-12-28/h3-12,15,18-19,22,24H,13-14,16-17,20-21H2,1-2H3,(H,33,36). The number of anilines is 1. The monoisotopic (exact) mass is 591 g/mol. The minimum Gasteiger partial charge on any atom is -0.326 e. The van der Waals surface area contributed by atoms with Crippen molar-refractivity contribution >= 4 is 45.1 Å². The van der Waals surface area contributed by atoms with Crippen LogP contribution in [0.1, 0.15) is 49.3 Å². The average molecular weight is 592 g/mol. The molecule has 3 aromatic carbocycles. The van der Waals surface area contributed by atoms with Crippen molar-refractivity contribution in [3.8, 4) is 5.69 Å². The number of nitrogens with one attached hydrogen (secondary N) is 1. The van der Waals surface area contributed by atoms with Gasteiger partial charge in [-0.05, 0) is 84.9 Å². The molecule has 0 unspecified atom stereocenters. The number of likely N-dealkylation sites (tertiary alicyclic amines) is 1. The highest BCUT2D eigenvalue weighted by Gasteiger charge is 2.22. The lowest BCUT2D eigenvalue weighted by Crippen LogP contribution is -2.32. The van der Waals surface area contributed by atoms with E-state index in [4.69, 9.17) is 0 Å². The van der Waals surface area contributed by atoms with Crippen LogP contribution in [0.4, 0.5) is 5.69 Å². The van der Waals surface area contributed by atoms with E-state index in [0.717, 1.165) is 42.6 Å². The maximum Gasteiger partial charge on any atom is 0.226 e. The number of fused-ring (bicyclic) bond motifs is 1. The van der Waals surface area contributed by atoms with Crippen LogP contribution in [0.2, 0.25) is 0 Å². The third kappa shape index (κ3) is 5.52. The van der Waals surface area contributed by atoms with Gasteiger partial charge >= 0.3 is 0 Å². The SMILES string of the molecule is CC(C)C(=O)Nc1cccc(C2CCN(Cc3cccc4c3ccn4-c3ccc(CI)cc3)CC2)c1. The summed E-state index contributed by atoms with van der Waals surface area (Å²) in [6.45, 7) is 7.00. The summed E-state index contributed by atoms with van der Waals surface area (Å²) in [5, 5.41) is 4.39. The number of amides is 1. The number of carbonyl (C=O) groups excluding carboxylic acids is 1. The predicted molar refractivity (Wildman–Crippen MR) is 158 cm³/mol. The summed E-state index contributed by atoms with van der Waals surface area (Å²) in [7, 11) is 0. The molecule has 36 heavy (non-hydrogen) atoms. The molecule has 186 valence electrons. The summed E-state index contributed by atoms with van der Waals surface area (Å²) in [6.07, 6.45) is 4.48. The zero-order valence-electron chi connectivity index (χ0n) is 21.1. The molecule has 1 amide bonds. The number of aromatic nitrogens is 1. The summed E-state index contributed by atoms with van der Waals surface area (Å²) < 4.78 is 3.33. The quantitative estimate of drug-likeness (QED) is 0.178. The van der Waals surface area contributed by atoms with Crippen LogP contribution in [0.5, 0.6) is 0 Å². The summed E-state index contributed by atoms with van der Waals surface area (Å²) in [5.74, 6) is 0.599. The molecule has 4 nitrogen and oxygen atoms in total. The fourth-order valence-electron chi connectivity index (χ4n) is 5.16. The Kier molecular flexibility index (Phi) is 7.77. The number of nitrogens with zero attached hydrogens (tertiary/aromatic N) is 2. The maximum atomic E-state index is 12.1. The highest BCUT2D eigenvalue weighted by molar-refractivity contribution is 14.1. The smallest absolute Gasteiger partial charge is 0.226 e. The summed E-state index contributed by atoms with van der Waals surface area (Å²) in [5.41, 5.74) is 7.48. The molecular weight excluding hydrogens is 557 g/mol. The number of benzene rings is 3. The molecule has 1 aliphatic rings. The number of piperidine rings is 1. The van der Waals surface area contributed by atoms with E-state index in [2.05, 4.69) is 110 Å². The van der Waals surface area contributed by atoms with Crippen molar-refractivity contribution in [2.75, 3.05) is 18.4 Å². The van der Waals surface area contributed by atoms with Gasteiger partial charge in [0.15, 0.2) is 0 Å². The number of carbonyl (C=O) groups is 1. The summed E-state index contributed by atoms with van der Waals surface area (Å²) in [4.78, 5) is 14.7. The Balaban J connectivity index is 1.25. The molecular formula is C31H34IN3O. The number of alkyl halides is 1. The van der Waals surface area contributed by atoms with Gasteiger partial charge in [0.25, 0.3) is 0 Å². The van der Waals surface area contributed by atoms with Crippen molar-refractivity contribution in [2.45, 2.75) is 43.6 Å². The van der Waals surface area contributed by atoms with Crippen molar-refractivity contribution in [3.63, 3.8) is 0 Å². The van der Waals surface area contributed by atoms with E-state index in [-0.39, 0.29) is 11.8 Å². The van der Waals surface area contributed by atoms with Gasteiger partial charge in [0.1, 0.15) is 0 Å². The third-order valence-electron chi connectivity index (χ3n) is 7.32. The van der Waals surface area contributed by atoms with Gasteiger partial charge in [0, 0.05) is 39.8 Å². The fourth-order valence-corrected chi connectivity index (χ4v) is 5.67. The Morgan fingerprint density at radius 2 is 1.75 bits per heavy atom. The largest absolute Gasteiger partial charge is 0.326 e. The topological polar surface area (TPSA) is 37.3 Å². The van der Waals surface area contributed by atoms with Crippen molar-refractivity contribution in [1.29, 1.82) is 0 Å². The second-order valence-corrected chi connectivity index (χ2v) is 10.9. The van der Waals surface area contributed by atoms with Crippen LogP contribution in [-0.4, -0.2) is 28.5 Å². The lowest BCUT2D eigenvalue weighted by molar-refractivity contribution is -0.118. The first-order valence-corrected chi connectivity index (χ1v) is 14.4. The summed E-state index contributed by atoms with van der Waals surface area (Å²) in [6, 6.07) is 26.3. The Bertz CT molecular complexity index is 1330. The molecule has 0 spiro atoms. The van der Waals surface area contributed by atoms with Gasteiger partial charge in [0.2, 0.25) is 5.91 Å². The van der Waals surface area contributed by atoms with Crippen molar-refractivity contribution < 1.29 is 4.79 Å². The lowest BCUT2D eigenvalue weighted by Gasteiger charge is -2.32. The molecule has 1 saturated heterocycles. The Hall–Kier alpha value is -2.64. The van der Waals surface area contributed by atoms with E-state index in [9.17, 15) is 4.79 Å². The highest BCUT2D eigenvalue weighted by Crippen LogP contribution is 2.31. The van der Waals surface area contributed by atoms with Crippen LogP contribution < -0.4 is 5.32 Å². The Morgan fingerprint density at radius 1 is 1.00 bits per heavy atom. The minimum atomic E-state index is -0.0143. The average Bonchev–Trinajstić information content (AvgIpc) is 3.34. The molecule has 1 fully saturated rings. The van der Waals surface area contributed by atoms with Gasteiger partial charge in [-0.1, -0.05) is 72.8 Å². The minimum absolute atomic E-state index is 0.0143. The van der Waals surface area contributed by atoms with Crippen LogP contribution in [0.3, 0.4) is 0 Å². The molecule has 1 N–H and O–H groups in total. The van der Waals surface area contributed by atoms with Gasteiger partial charge < -0.3 is 9.88 Å². The van der Waals surface area contributed by atoms with Crippen LogP contribution in [0.25, 0.3) is 16.6 Å². The number of hydrogen-bond acceptors (Lipinski definition) is 2. The molecule has 0 saturated carbocycles. The molecule has 0 radical (unpaired) electrons. The normalized spacial score (nSPS) is 15.0. The molecule has 1 aliphatic heterocycles. The highest BCUT2D eigenvalue weighted by atomic mass is 127. The van der Waals surface area contributed by atoms with E-state index in [1.807, 2.05) is 19.9 Å². The second kappa shape index (κ2) is 11.2. The molecule has 0 atom stereocenters. The zero-order valence-corrected chi connectivity index (χ0v) is 23.2. The van der Waals surface area contributed by atoms with Crippen molar-refractivity contribution in [2.24, 2.45) is 5.92 Å². The van der Waals surface area contributed by atoms with Crippen LogP contribution in [0, 0.1) is 5.92 Å². The Labute approximate surface area is 227 Å². The molecule has 2 heterocycles. The van der Waals surface area contributed by atoms with Gasteiger partial charge in [-0.3, -0.25) is 9.69 Å². The zero-order chi connectivity index (χ0) is 25.1. The fraction of sp³-hybridized carbons (Fsp3) is 0.323. The van der Waals surface area contributed by atoms with Crippen molar-refractivity contribution in [3.05, 3.63) is 95.7 Å². The van der Waals surface area contributed by atoms with Gasteiger partial charge in [-0.2, -0.15) is 0 Å². The molecule has 0 aliphatic carbocycles. The van der Waals surface area contributed by atoms with Crippen LogP contribution in [0.15, 0.2) is 79.0 Å². The maximum absolute atomic E-state index is 12.1. The first kappa shape index (κ1) is 25.0. The van der Waals surface area contributed by atoms with Crippen molar-refractivity contribution in [1.82, 2.24) is 9.47 Å². The number of hydrogen-bond donors (Lipinski definition) is 1. The van der Waals surface area contributed by atoms with Gasteiger partial charge in [0.05, 0.1) is 5.52 Å². The van der Waals surface area contributed by atoms with Gasteiger partial charge in [-0.15, -0.1) is 0 Å². The number of halogens is 1. The van der Waals surface area contributed by atoms with E-state index in [1.54, 1.807) is 0 Å². The van der Waals surface area contributed by atoms with Crippen LogP contribution in [-0.2, 0) is 15.8 Å². The molecule has 0 bridgehead atoms. The summed E-state index contributed by atoms with van der Waals surface area (Å²) >= 11 is 2.41. The van der Waals surface area contributed by atoms with Crippen LogP contribution >= 0.6 is 22.6 Å². The predicted octanol–water partition coefficient (Wildman–Crippen LogP) is 7.54. The second-order valence-electron chi connectivity index (χ2n) is 10.2. The number of rotatable bonds is 7. The van der Waals surface area contributed by atoms with Gasteiger partial charge in [-0.25, -0.2) is 0 Å². The molecule has 4 aromatic rings. The van der Waals surface area contributed by atoms with E-state index in [0.29, 0.717) is 5.92 Å². The first-order chi connectivity index (χ1) is 17.5. The molecule has 5 rings (SSSR count).